The summed E-state index contributed by atoms with van der Waals surface area (Å²) in [6.45, 7) is 5.03. The highest BCUT2D eigenvalue weighted by molar-refractivity contribution is 5.82. The van der Waals surface area contributed by atoms with E-state index in [9.17, 15) is 9.59 Å². The quantitative estimate of drug-likeness (QED) is 0.776. The summed E-state index contributed by atoms with van der Waals surface area (Å²) in [7, 11) is 0. The number of benzene rings is 1. The van der Waals surface area contributed by atoms with Crippen LogP contribution in [-0.4, -0.2) is 30.6 Å². The van der Waals surface area contributed by atoms with Gasteiger partial charge in [-0.2, -0.15) is 5.26 Å². The second kappa shape index (κ2) is 8.67. The SMILES string of the molecule is CC[C@H](C)NC(=O)COC(=O)[C@H](C)Oc1ccc(C#N)cc1. The first kappa shape index (κ1) is 17.5. The van der Waals surface area contributed by atoms with Crippen molar-refractivity contribution in [3.8, 4) is 11.8 Å². The Morgan fingerprint density at radius 2 is 1.91 bits per heavy atom. The Balaban J connectivity index is 2.41. The molecule has 0 radical (unpaired) electrons. The molecule has 1 N–H and O–H groups in total. The van der Waals surface area contributed by atoms with Gasteiger partial charge in [0.25, 0.3) is 5.91 Å². The van der Waals surface area contributed by atoms with E-state index in [2.05, 4.69) is 5.32 Å². The molecule has 6 heteroatoms. The molecule has 0 aliphatic heterocycles. The lowest BCUT2D eigenvalue weighted by atomic mass is 10.2. The maximum Gasteiger partial charge on any atom is 0.347 e. The van der Waals surface area contributed by atoms with Gasteiger partial charge in [-0.05, 0) is 44.5 Å². The number of nitriles is 1. The van der Waals surface area contributed by atoms with Crippen molar-refractivity contribution >= 4 is 11.9 Å². The van der Waals surface area contributed by atoms with E-state index >= 15 is 0 Å². The van der Waals surface area contributed by atoms with Gasteiger partial charge in [-0.1, -0.05) is 6.92 Å². The molecule has 1 aromatic carbocycles. The van der Waals surface area contributed by atoms with Crippen LogP contribution in [-0.2, 0) is 14.3 Å². The molecule has 0 fully saturated rings. The molecule has 1 amide bonds. The summed E-state index contributed by atoms with van der Waals surface area (Å²) < 4.78 is 10.3. The monoisotopic (exact) mass is 304 g/mol. The van der Waals surface area contributed by atoms with Crippen LogP contribution >= 0.6 is 0 Å². The van der Waals surface area contributed by atoms with Gasteiger partial charge in [-0.15, -0.1) is 0 Å². The number of amides is 1. The van der Waals surface area contributed by atoms with E-state index in [4.69, 9.17) is 14.7 Å². The summed E-state index contributed by atoms with van der Waals surface area (Å²) in [5, 5.41) is 11.4. The van der Waals surface area contributed by atoms with Gasteiger partial charge in [0.05, 0.1) is 11.6 Å². The molecule has 0 saturated carbocycles. The molecule has 0 spiro atoms. The second-order valence-electron chi connectivity index (χ2n) is 4.88. The standard InChI is InChI=1S/C16H20N2O4/c1-4-11(2)18-15(19)10-21-16(20)12(3)22-14-7-5-13(9-17)6-8-14/h5-8,11-12H,4,10H2,1-3H3,(H,18,19)/t11-,12-/m0/s1. The van der Waals surface area contributed by atoms with E-state index in [1.165, 1.54) is 6.92 Å². The summed E-state index contributed by atoms with van der Waals surface area (Å²) in [5.74, 6) is -0.510. The zero-order valence-corrected chi connectivity index (χ0v) is 13.0. The molecule has 118 valence electrons. The molecule has 0 saturated heterocycles. The Hall–Kier alpha value is -2.55. The van der Waals surface area contributed by atoms with E-state index in [1.807, 2.05) is 19.9 Å². The Morgan fingerprint density at radius 3 is 2.45 bits per heavy atom. The van der Waals surface area contributed by atoms with Gasteiger partial charge in [0, 0.05) is 6.04 Å². The average Bonchev–Trinajstić information content (AvgIpc) is 2.53. The number of ether oxygens (including phenoxy) is 2. The number of carbonyl (C=O) groups excluding carboxylic acids is 2. The van der Waals surface area contributed by atoms with E-state index in [1.54, 1.807) is 24.3 Å². The highest BCUT2D eigenvalue weighted by Gasteiger charge is 2.18. The lowest BCUT2D eigenvalue weighted by Crippen LogP contribution is -2.37. The minimum Gasteiger partial charge on any atom is -0.479 e. The van der Waals surface area contributed by atoms with Crippen LogP contribution in [0, 0.1) is 11.3 Å². The fourth-order valence-corrected chi connectivity index (χ4v) is 1.53. The van der Waals surface area contributed by atoms with E-state index in [-0.39, 0.29) is 18.6 Å². The van der Waals surface area contributed by atoms with Crippen LogP contribution in [0.1, 0.15) is 32.8 Å². The number of rotatable bonds is 7. The fourth-order valence-electron chi connectivity index (χ4n) is 1.53. The molecule has 22 heavy (non-hydrogen) atoms. The molecular formula is C16H20N2O4. The zero-order chi connectivity index (χ0) is 16.5. The summed E-state index contributed by atoms with van der Waals surface area (Å²) in [5.41, 5.74) is 0.504. The minimum absolute atomic E-state index is 0.0403. The van der Waals surface area contributed by atoms with Crippen molar-refractivity contribution in [2.75, 3.05) is 6.61 Å². The number of esters is 1. The van der Waals surface area contributed by atoms with Gasteiger partial charge in [0.15, 0.2) is 12.7 Å². The predicted molar refractivity (Wildman–Crippen MR) is 80.1 cm³/mol. The van der Waals surface area contributed by atoms with Crippen LogP contribution in [0.5, 0.6) is 5.75 Å². The van der Waals surface area contributed by atoms with Gasteiger partial charge >= 0.3 is 5.97 Å². The molecule has 0 bridgehead atoms. The first-order chi connectivity index (χ1) is 10.5. The molecular weight excluding hydrogens is 284 g/mol. The fraction of sp³-hybridized carbons (Fsp3) is 0.438. The van der Waals surface area contributed by atoms with E-state index in [0.29, 0.717) is 11.3 Å². The summed E-state index contributed by atoms with van der Waals surface area (Å²) in [6, 6.07) is 8.40. The average molecular weight is 304 g/mol. The number of carbonyl (C=O) groups is 2. The highest BCUT2D eigenvalue weighted by atomic mass is 16.6. The molecule has 0 aliphatic carbocycles. The van der Waals surface area contributed by atoms with Crippen LogP contribution in [0.15, 0.2) is 24.3 Å². The summed E-state index contributed by atoms with van der Waals surface area (Å²) in [4.78, 5) is 23.3. The molecule has 0 aliphatic rings. The summed E-state index contributed by atoms with van der Waals surface area (Å²) in [6.07, 6.45) is -0.0397. The molecule has 6 nitrogen and oxygen atoms in total. The van der Waals surface area contributed by atoms with Crippen molar-refractivity contribution in [1.82, 2.24) is 5.32 Å². The van der Waals surface area contributed by atoms with Gasteiger partial charge in [0.2, 0.25) is 0 Å². The second-order valence-corrected chi connectivity index (χ2v) is 4.88. The summed E-state index contributed by atoms with van der Waals surface area (Å²) >= 11 is 0. The van der Waals surface area contributed by atoms with Crippen LogP contribution in [0.3, 0.4) is 0 Å². The third-order valence-electron chi connectivity index (χ3n) is 2.99. The third-order valence-corrected chi connectivity index (χ3v) is 2.99. The Bertz CT molecular complexity index is 548. The smallest absolute Gasteiger partial charge is 0.347 e. The lowest BCUT2D eigenvalue weighted by Gasteiger charge is -2.15. The predicted octanol–water partition coefficient (Wildman–Crippen LogP) is 1.78. The molecule has 1 aromatic rings. The topological polar surface area (TPSA) is 88.4 Å². The van der Waals surface area contributed by atoms with E-state index < -0.39 is 12.1 Å². The van der Waals surface area contributed by atoms with Gasteiger partial charge in [-0.3, -0.25) is 4.79 Å². The molecule has 0 heterocycles. The maximum atomic E-state index is 11.8. The highest BCUT2D eigenvalue weighted by Crippen LogP contribution is 2.13. The first-order valence-corrected chi connectivity index (χ1v) is 7.09. The van der Waals surface area contributed by atoms with Crippen molar-refractivity contribution in [2.24, 2.45) is 0 Å². The molecule has 1 rings (SSSR count). The van der Waals surface area contributed by atoms with Crippen molar-refractivity contribution in [1.29, 1.82) is 5.26 Å². The number of hydrogen-bond donors (Lipinski definition) is 1. The first-order valence-electron chi connectivity index (χ1n) is 7.09. The Morgan fingerprint density at radius 1 is 1.27 bits per heavy atom. The van der Waals surface area contributed by atoms with Crippen LogP contribution in [0.25, 0.3) is 0 Å². The lowest BCUT2D eigenvalue weighted by molar-refractivity contribution is -0.154. The van der Waals surface area contributed by atoms with Crippen LogP contribution in [0.4, 0.5) is 0 Å². The van der Waals surface area contributed by atoms with Crippen molar-refractivity contribution in [3.63, 3.8) is 0 Å². The number of nitrogens with one attached hydrogen (secondary N) is 1. The third kappa shape index (κ3) is 5.83. The number of hydrogen-bond acceptors (Lipinski definition) is 5. The van der Waals surface area contributed by atoms with Gasteiger partial charge in [0.1, 0.15) is 5.75 Å². The van der Waals surface area contributed by atoms with Crippen molar-refractivity contribution in [3.05, 3.63) is 29.8 Å². The molecule has 0 aromatic heterocycles. The van der Waals surface area contributed by atoms with Crippen LogP contribution < -0.4 is 10.1 Å². The number of nitrogens with zero attached hydrogens (tertiary/aromatic N) is 1. The zero-order valence-electron chi connectivity index (χ0n) is 13.0. The molecule has 0 unspecified atom stereocenters. The Kier molecular flexibility index (Phi) is 6.90. The van der Waals surface area contributed by atoms with E-state index in [0.717, 1.165) is 6.42 Å². The van der Waals surface area contributed by atoms with Crippen molar-refractivity contribution < 1.29 is 19.1 Å². The normalized spacial score (nSPS) is 12.6. The maximum absolute atomic E-state index is 11.8. The van der Waals surface area contributed by atoms with Gasteiger partial charge < -0.3 is 14.8 Å². The minimum atomic E-state index is -0.843. The van der Waals surface area contributed by atoms with Crippen molar-refractivity contribution in [2.45, 2.75) is 39.3 Å². The van der Waals surface area contributed by atoms with Gasteiger partial charge in [-0.25, -0.2) is 4.79 Å². The Labute approximate surface area is 130 Å². The van der Waals surface area contributed by atoms with Crippen LogP contribution in [0.2, 0.25) is 0 Å². The molecule has 2 atom stereocenters. The largest absolute Gasteiger partial charge is 0.479 e.